The van der Waals surface area contributed by atoms with Gasteiger partial charge in [0.1, 0.15) is 6.07 Å². The van der Waals surface area contributed by atoms with Crippen molar-refractivity contribution in [3.63, 3.8) is 0 Å². The number of hydrogen-bond donors (Lipinski definition) is 0. The lowest BCUT2D eigenvalue weighted by Crippen LogP contribution is -1.99. The predicted molar refractivity (Wildman–Crippen MR) is 200 cm³/mol. The number of fused-ring (bicyclic) bond motifs is 6. The second-order valence-electron chi connectivity index (χ2n) is 12.3. The number of benzene rings is 7. The van der Waals surface area contributed by atoms with Crippen LogP contribution in [-0.2, 0) is 0 Å². The zero-order valence-corrected chi connectivity index (χ0v) is 26.7. The normalized spacial score (nSPS) is 11.1. The quantitative estimate of drug-likeness (QED) is 0.193. The fraction of sp³-hybridized carbons (Fsp3) is 0. The Morgan fingerprint density at radius 1 is 0.380 bits per heavy atom. The predicted octanol–water partition coefficient (Wildman–Crippen LogP) is 10.8. The summed E-state index contributed by atoms with van der Waals surface area (Å²) in [4.78, 5) is 0. The molecular formula is C45H25N5. The molecule has 0 bridgehead atoms. The molecule has 0 saturated heterocycles. The first-order valence-electron chi connectivity index (χ1n) is 16.3. The summed E-state index contributed by atoms with van der Waals surface area (Å²) < 4.78 is 4.45. The zero-order valence-electron chi connectivity index (χ0n) is 26.7. The van der Waals surface area contributed by atoms with Crippen molar-refractivity contribution in [2.24, 2.45) is 0 Å². The van der Waals surface area contributed by atoms with Crippen molar-refractivity contribution in [3.8, 4) is 51.8 Å². The van der Waals surface area contributed by atoms with Crippen LogP contribution in [0.1, 0.15) is 16.7 Å². The molecule has 7 aromatic carbocycles. The van der Waals surface area contributed by atoms with Crippen molar-refractivity contribution in [2.75, 3.05) is 0 Å². The van der Waals surface area contributed by atoms with E-state index in [-0.39, 0.29) is 0 Å². The molecule has 9 aromatic rings. The van der Waals surface area contributed by atoms with Crippen molar-refractivity contribution in [1.29, 1.82) is 15.8 Å². The number of aromatic nitrogens is 2. The number of para-hydroxylation sites is 3. The van der Waals surface area contributed by atoms with Crippen molar-refractivity contribution >= 4 is 43.6 Å². The van der Waals surface area contributed by atoms with Gasteiger partial charge in [0.15, 0.2) is 0 Å². The van der Waals surface area contributed by atoms with Gasteiger partial charge in [0, 0.05) is 43.9 Å². The molecule has 0 aliphatic heterocycles. The van der Waals surface area contributed by atoms with E-state index in [0.717, 1.165) is 77.2 Å². The van der Waals surface area contributed by atoms with Gasteiger partial charge < -0.3 is 9.13 Å². The first-order chi connectivity index (χ1) is 24.7. The van der Waals surface area contributed by atoms with Gasteiger partial charge >= 0.3 is 0 Å². The van der Waals surface area contributed by atoms with Crippen LogP contribution < -0.4 is 0 Å². The number of nitriles is 3. The molecule has 0 aliphatic carbocycles. The van der Waals surface area contributed by atoms with E-state index < -0.39 is 0 Å². The minimum Gasteiger partial charge on any atom is -0.309 e. The average molecular weight is 636 g/mol. The molecule has 0 fully saturated rings. The Morgan fingerprint density at radius 2 is 0.900 bits per heavy atom. The highest BCUT2D eigenvalue weighted by atomic mass is 15.0. The summed E-state index contributed by atoms with van der Waals surface area (Å²) in [6.45, 7) is 0. The van der Waals surface area contributed by atoms with E-state index in [1.54, 1.807) is 0 Å². The Kier molecular flexibility index (Phi) is 6.56. The summed E-state index contributed by atoms with van der Waals surface area (Å²) in [6, 6.07) is 57.8. The summed E-state index contributed by atoms with van der Waals surface area (Å²) in [5.74, 6) is 0. The maximum Gasteiger partial charge on any atom is 0.100 e. The summed E-state index contributed by atoms with van der Waals surface area (Å²) in [5.41, 5.74) is 11.5. The molecule has 2 heterocycles. The van der Waals surface area contributed by atoms with Crippen LogP contribution in [0, 0.1) is 34.0 Å². The van der Waals surface area contributed by atoms with E-state index in [1.807, 2.05) is 91.0 Å². The van der Waals surface area contributed by atoms with Crippen LogP contribution in [0.15, 0.2) is 152 Å². The number of nitrogens with zero attached hydrogens (tertiary/aromatic N) is 5. The summed E-state index contributed by atoms with van der Waals surface area (Å²) in [7, 11) is 0. The average Bonchev–Trinajstić information content (AvgIpc) is 3.69. The second-order valence-corrected chi connectivity index (χ2v) is 12.3. The molecular weight excluding hydrogens is 611 g/mol. The Hall–Kier alpha value is -7.39. The molecule has 5 nitrogen and oxygen atoms in total. The van der Waals surface area contributed by atoms with E-state index in [9.17, 15) is 15.8 Å². The number of rotatable bonds is 4. The van der Waals surface area contributed by atoms with Gasteiger partial charge in [-0.2, -0.15) is 15.8 Å². The van der Waals surface area contributed by atoms with Gasteiger partial charge in [0.05, 0.1) is 56.6 Å². The maximum absolute atomic E-state index is 10.7. The smallest absolute Gasteiger partial charge is 0.100 e. The minimum atomic E-state index is 0.598. The number of hydrogen-bond acceptors (Lipinski definition) is 3. The molecule has 50 heavy (non-hydrogen) atoms. The molecule has 0 radical (unpaired) electrons. The third-order valence-corrected chi connectivity index (χ3v) is 9.65. The third kappa shape index (κ3) is 4.31. The monoisotopic (exact) mass is 635 g/mol. The van der Waals surface area contributed by atoms with Gasteiger partial charge in [-0.25, -0.2) is 0 Å². The van der Waals surface area contributed by atoms with Crippen LogP contribution in [0.25, 0.3) is 77.2 Å². The van der Waals surface area contributed by atoms with Gasteiger partial charge in [0.25, 0.3) is 0 Å². The molecule has 0 N–H and O–H groups in total. The van der Waals surface area contributed by atoms with Crippen molar-refractivity contribution in [1.82, 2.24) is 9.13 Å². The molecule has 0 aliphatic rings. The molecule has 0 saturated carbocycles. The SMILES string of the molecule is N#Cc1ccc2c(c1)c1ccccc1n2-c1ccc(-c2cccc(-c3ccccc3-n3c4ccccc4c4cc(C#N)ccc43)c2C#N)cc1. The van der Waals surface area contributed by atoms with Crippen LogP contribution in [0.2, 0.25) is 0 Å². The molecule has 0 spiro atoms. The van der Waals surface area contributed by atoms with Crippen molar-refractivity contribution in [2.45, 2.75) is 0 Å². The van der Waals surface area contributed by atoms with Crippen LogP contribution in [0.3, 0.4) is 0 Å². The highest BCUT2D eigenvalue weighted by Gasteiger charge is 2.19. The van der Waals surface area contributed by atoms with Gasteiger partial charge in [0.2, 0.25) is 0 Å². The first-order valence-corrected chi connectivity index (χ1v) is 16.3. The minimum absolute atomic E-state index is 0.598. The van der Waals surface area contributed by atoms with E-state index in [4.69, 9.17) is 0 Å². The fourth-order valence-electron chi connectivity index (χ4n) is 7.45. The highest BCUT2D eigenvalue weighted by Crippen LogP contribution is 2.40. The largest absolute Gasteiger partial charge is 0.309 e. The summed E-state index contributed by atoms with van der Waals surface area (Å²) in [6.07, 6.45) is 0. The molecule has 0 atom stereocenters. The van der Waals surface area contributed by atoms with E-state index in [0.29, 0.717) is 16.7 Å². The summed E-state index contributed by atoms with van der Waals surface area (Å²) in [5, 5.41) is 34.1. The lowest BCUT2D eigenvalue weighted by atomic mass is 9.91. The zero-order chi connectivity index (χ0) is 33.8. The fourth-order valence-corrected chi connectivity index (χ4v) is 7.45. The van der Waals surface area contributed by atoms with Crippen molar-refractivity contribution < 1.29 is 0 Å². The third-order valence-electron chi connectivity index (χ3n) is 9.65. The van der Waals surface area contributed by atoms with Gasteiger partial charge in [-0.05, 0) is 72.3 Å². The van der Waals surface area contributed by atoms with Gasteiger partial charge in [-0.1, -0.05) is 84.9 Å². The standard InChI is InChI=1S/C45H25N5/c46-26-29-16-22-44-38(24-29)36-9-2-4-13-41(36)49(44)32-20-18-31(19-21-32)33-11-7-12-34(40(33)28-48)35-8-1-5-14-42(35)50-43-15-6-3-10-37(43)39-25-30(27-47)17-23-45(39)50/h1-25H. The lowest BCUT2D eigenvalue weighted by molar-refractivity contribution is 1.18. The molecule has 0 amide bonds. The van der Waals surface area contributed by atoms with Crippen LogP contribution in [0.5, 0.6) is 0 Å². The topological polar surface area (TPSA) is 81.2 Å². The van der Waals surface area contributed by atoms with Crippen LogP contribution in [0.4, 0.5) is 0 Å². The Labute approximate surface area is 287 Å². The van der Waals surface area contributed by atoms with Gasteiger partial charge in [-0.3, -0.25) is 0 Å². The molecule has 0 unspecified atom stereocenters. The van der Waals surface area contributed by atoms with E-state index in [2.05, 4.69) is 88.0 Å². The van der Waals surface area contributed by atoms with E-state index in [1.165, 1.54) is 0 Å². The second kappa shape index (κ2) is 11.4. The van der Waals surface area contributed by atoms with E-state index >= 15 is 0 Å². The summed E-state index contributed by atoms with van der Waals surface area (Å²) >= 11 is 0. The highest BCUT2D eigenvalue weighted by molar-refractivity contribution is 6.11. The van der Waals surface area contributed by atoms with Gasteiger partial charge in [-0.15, -0.1) is 0 Å². The molecule has 230 valence electrons. The maximum atomic E-state index is 10.7. The van der Waals surface area contributed by atoms with Crippen LogP contribution >= 0.6 is 0 Å². The molecule has 2 aromatic heterocycles. The lowest BCUT2D eigenvalue weighted by Gasteiger charge is -2.17. The molecule has 9 rings (SSSR count). The Morgan fingerprint density at radius 3 is 1.54 bits per heavy atom. The van der Waals surface area contributed by atoms with Crippen LogP contribution in [-0.4, -0.2) is 9.13 Å². The Balaban J connectivity index is 1.19. The first kappa shape index (κ1) is 28.8. The van der Waals surface area contributed by atoms with Crippen molar-refractivity contribution in [3.05, 3.63) is 168 Å². The molecule has 5 heteroatoms. The Bertz CT molecular complexity index is 2960.